The molecule has 2 aromatic rings. The van der Waals surface area contributed by atoms with Crippen LogP contribution in [0.15, 0.2) is 28.9 Å². The van der Waals surface area contributed by atoms with E-state index in [0.717, 1.165) is 10.9 Å². The predicted molar refractivity (Wildman–Crippen MR) is 105 cm³/mol. The number of benzene rings is 1. The molecule has 0 spiro atoms. The SMILES string of the molecule is CCOC(=O)Cc1coc2cccc(OCCO[Si](C)(C)C(C)(C)C)c12. The fourth-order valence-corrected chi connectivity index (χ4v) is 3.43. The van der Waals surface area contributed by atoms with Gasteiger partial charge in [-0.2, -0.15) is 0 Å². The van der Waals surface area contributed by atoms with Crippen LogP contribution in [0.5, 0.6) is 5.75 Å². The van der Waals surface area contributed by atoms with E-state index in [1.165, 1.54) is 0 Å². The van der Waals surface area contributed by atoms with Crippen molar-refractivity contribution < 1.29 is 23.1 Å². The molecule has 0 amide bonds. The third-order valence-electron chi connectivity index (χ3n) is 4.89. The second-order valence-electron chi connectivity index (χ2n) is 7.83. The van der Waals surface area contributed by atoms with E-state index in [-0.39, 0.29) is 17.4 Å². The number of carbonyl (C=O) groups excluding carboxylic acids is 1. The lowest BCUT2D eigenvalue weighted by atomic mass is 10.1. The molecule has 0 atom stereocenters. The molecule has 0 N–H and O–H groups in total. The standard InChI is InChI=1S/C20H30O5Si/c1-7-22-18(21)13-15-14-24-17-10-8-9-16(19(15)17)23-11-12-25-26(5,6)20(2,3)4/h8-10,14H,7,11-13H2,1-6H3. The van der Waals surface area contributed by atoms with Crippen LogP contribution in [0.1, 0.15) is 33.3 Å². The van der Waals surface area contributed by atoms with E-state index in [9.17, 15) is 4.79 Å². The average Bonchev–Trinajstić information content (AvgIpc) is 2.94. The number of rotatable bonds is 8. The van der Waals surface area contributed by atoms with Crippen molar-refractivity contribution in [2.75, 3.05) is 19.8 Å². The summed E-state index contributed by atoms with van der Waals surface area (Å²) in [4.78, 5) is 11.8. The molecule has 2 rings (SSSR count). The zero-order valence-electron chi connectivity index (χ0n) is 16.7. The zero-order valence-corrected chi connectivity index (χ0v) is 17.7. The number of furan rings is 1. The second-order valence-corrected chi connectivity index (χ2v) is 12.6. The molecule has 0 radical (unpaired) electrons. The molecule has 0 aliphatic heterocycles. The number of esters is 1. The first-order valence-electron chi connectivity index (χ1n) is 9.07. The summed E-state index contributed by atoms with van der Waals surface area (Å²) in [5.74, 6) is 0.431. The maximum atomic E-state index is 11.8. The highest BCUT2D eigenvalue weighted by Crippen LogP contribution is 2.36. The molecule has 0 aliphatic rings. The molecule has 1 heterocycles. The van der Waals surface area contributed by atoms with Crippen LogP contribution in [0.3, 0.4) is 0 Å². The molecule has 5 nitrogen and oxygen atoms in total. The second kappa shape index (κ2) is 8.27. The van der Waals surface area contributed by atoms with Gasteiger partial charge >= 0.3 is 5.97 Å². The van der Waals surface area contributed by atoms with E-state index in [4.69, 9.17) is 18.3 Å². The molecule has 6 heteroatoms. The highest BCUT2D eigenvalue weighted by atomic mass is 28.4. The largest absolute Gasteiger partial charge is 0.490 e. The first-order chi connectivity index (χ1) is 12.2. The first-order valence-corrected chi connectivity index (χ1v) is 12.0. The van der Waals surface area contributed by atoms with E-state index in [2.05, 4.69) is 33.9 Å². The summed E-state index contributed by atoms with van der Waals surface area (Å²) in [7, 11) is -1.79. The van der Waals surface area contributed by atoms with Gasteiger partial charge in [-0.1, -0.05) is 26.8 Å². The van der Waals surface area contributed by atoms with Crippen molar-refractivity contribution in [2.45, 2.75) is 52.2 Å². The van der Waals surface area contributed by atoms with Crippen molar-refractivity contribution in [3.63, 3.8) is 0 Å². The molecule has 0 fully saturated rings. The van der Waals surface area contributed by atoms with Gasteiger partial charge < -0.3 is 18.3 Å². The molecule has 0 unspecified atom stereocenters. The number of hydrogen-bond donors (Lipinski definition) is 0. The smallest absolute Gasteiger partial charge is 0.310 e. The predicted octanol–water partition coefficient (Wildman–Crippen LogP) is 4.94. The van der Waals surface area contributed by atoms with Crippen LogP contribution in [-0.2, 0) is 20.4 Å². The van der Waals surface area contributed by atoms with Crippen LogP contribution in [0.2, 0.25) is 18.1 Å². The molecule has 1 aromatic heterocycles. The third-order valence-corrected chi connectivity index (χ3v) is 9.43. The topological polar surface area (TPSA) is 57.9 Å². The fraction of sp³-hybridized carbons (Fsp3) is 0.550. The molecular formula is C20H30O5Si. The van der Waals surface area contributed by atoms with Gasteiger partial charge in [-0.05, 0) is 37.2 Å². The van der Waals surface area contributed by atoms with Crippen LogP contribution >= 0.6 is 0 Å². The Morgan fingerprint density at radius 1 is 1.19 bits per heavy atom. The van der Waals surface area contributed by atoms with E-state index in [1.807, 2.05) is 18.2 Å². The maximum absolute atomic E-state index is 11.8. The van der Waals surface area contributed by atoms with Crippen LogP contribution in [0.4, 0.5) is 0 Å². The van der Waals surface area contributed by atoms with Crippen molar-refractivity contribution in [3.05, 3.63) is 30.0 Å². The van der Waals surface area contributed by atoms with Gasteiger partial charge in [0.1, 0.15) is 17.9 Å². The van der Waals surface area contributed by atoms with Gasteiger partial charge in [0, 0.05) is 5.56 Å². The Labute approximate surface area is 156 Å². The summed E-state index contributed by atoms with van der Waals surface area (Å²) in [6.07, 6.45) is 1.77. The normalized spacial score (nSPS) is 12.4. The van der Waals surface area contributed by atoms with E-state index < -0.39 is 8.32 Å². The summed E-state index contributed by atoms with van der Waals surface area (Å²) >= 11 is 0. The Hall–Kier alpha value is -1.79. The fourth-order valence-electron chi connectivity index (χ4n) is 2.40. The highest BCUT2D eigenvalue weighted by molar-refractivity contribution is 6.74. The van der Waals surface area contributed by atoms with Crippen molar-refractivity contribution in [2.24, 2.45) is 0 Å². The Morgan fingerprint density at radius 2 is 1.92 bits per heavy atom. The summed E-state index contributed by atoms with van der Waals surface area (Å²) in [6.45, 7) is 14.2. The molecule has 0 saturated carbocycles. The third kappa shape index (κ3) is 4.89. The van der Waals surface area contributed by atoms with E-state index >= 15 is 0 Å². The van der Waals surface area contributed by atoms with Crippen LogP contribution in [0.25, 0.3) is 11.0 Å². The minimum absolute atomic E-state index is 0.168. The van der Waals surface area contributed by atoms with Gasteiger partial charge in [0.2, 0.25) is 0 Å². The molecule has 1 aromatic carbocycles. The quantitative estimate of drug-likeness (QED) is 0.370. The summed E-state index contributed by atoms with van der Waals surface area (Å²) < 4.78 is 22.7. The number of carbonyl (C=O) groups is 1. The molecule has 26 heavy (non-hydrogen) atoms. The maximum Gasteiger partial charge on any atom is 0.310 e. The number of ether oxygens (including phenoxy) is 2. The monoisotopic (exact) mass is 378 g/mol. The van der Waals surface area contributed by atoms with Crippen molar-refractivity contribution >= 4 is 25.3 Å². The molecular weight excluding hydrogens is 348 g/mol. The van der Waals surface area contributed by atoms with E-state index in [1.54, 1.807) is 13.2 Å². The highest BCUT2D eigenvalue weighted by Gasteiger charge is 2.36. The average molecular weight is 379 g/mol. The molecule has 144 valence electrons. The minimum Gasteiger partial charge on any atom is -0.490 e. The van der Waals surface area contributed by atoms with Gasteiger partial charge in [-0.3, -0.25) is 4.79 Å². The van der Waals surface area contributed by atoms with Crippen LogP contribution < -0.4 is 4.74 Å². The van der Waals surface area contributed by atoms with E-state index in [0.29, 0.717) is 31.2 Å². The molecule has 0 aliphatic carbocycles. The Balaban J connectivity index is 2.05. The lowest BCUT2D eigenvalue weighted by Gasteiger charge is -2.36. The van der Waals surface area contributed by atoms with Gasteiger partial charge in [0.15, 0.2) is 8.32 Å². The Bertz CT molecular complexity index is 742. The number of hydrogen-bond acceptors (Lipinski definition) is 5. The van der Waals surface area contributed by atoms with Crippen LogP contribution in [0, 0.1) is 0 Å². The van der Waals surface area contributed by atoms with Crippen molar-refractivity contribution in [1.82, 2.24) is 0 Å². The lowest BCUT2D eigenvalue weighted by Crippen LogP contribution is -2.41. The Morgan fingerprint density at radius 3 is 2.58 bits per heavy atom. The van der Waals surface area contributed by atoms with Gasteiger partial charge in [-0.15, -0.1) is 0 Å². The summed E-state index contributed by atoms with van der Waals surface area (Å²) in [5.41, 5.74) is 1.48. The summed E-state index contributed by atoms with van der Waals surface area (Å²) in [5, 5.41) is 0.998. The molecule has 0 bridgehead atoms. The Kier molecular flexibility index (Phi) is 6.52. The number of fused-ring (bicyclic) bond motifs is 1. The lowest BCUT2D eigenvalue weighted by molar-refractivity contribution is -0.142. The van der Waals surface area contributed by atoms with Gasteiger partial charge in [0.05, 0.1) is 31.3 Å². The van der Waals surface area contributed by atoms with Gasteiger partial charge in [-0.25, -0.2) is 0 Å². The minimum atomic E-state index is -1.79. The first kappa shape index (κ1) is 20.5. The van der Waals surface area contributed by atoms with Crippen molar-refractivity contribution in [3.8, 4) is 5.75 Å². The van der Waals surface area contributed by atoms with Crippen LogP contribution in [-0.4, -0.2) is 34.1 Å². The zero-order chi connectivity index (χ0) is 19.4. The summed E-state index contributed by atoms with van der Waals surface area (Å²) in [6, 6.07) is 5.63. The molecule has 0 saturated heterocycles. The van der Waals surface area contributed by atoms with Gasteiger partial charge in [0.25, 0.3) is 0 Å². The van der Waals surface area contributed by atoms with Crippen molar-refractivity contribution in [1.29, 1.82) is 0 Å².